The highest BCUT2D eigenvalue weighted by atomic mass is 32.1. The summed E-state index contributed by atoms with van der Waals surface area (Å²) in [5, 5.41) is 5.61. The summed E-state index contributed by atoms with van der Waals surface area (Å²) in [4.78, 5) is 39.6. The first kappa shape index (κ1) is 19.0. The van der Waals surface area contributed by atoms with Crippen molar-refractivity contribution in [2.24, 2.45) is 0 Å². The van der Waals surface area contributed by atoms with Crippen molar-refractivity contribution in [1.82, 2.24) is 15.6 Å². The fraction of sp³-hybridized carbons (Fsp3) is 0.368. The quantitative estimate of drug-likeness (QED) is 0.607. The van der Waals surface area contributed by atoms with Crippen LogP contribution in [0.2, 0.25) is 0 Å². The fourth-order valence-corrected chi connectivity index (χ4v) is 3.79. The van der Waals surface area contributed by atoms with E-state index in [1.165, 1.54) is 23.8 Å². The molecule has 8 heteroatoms. The van der Waals surface area contributed by atoms with E-state index in [9.17, 15) is 14.4 Å². The second-order valence-corrected chi connectivity index (χ2v) is 7.38. The van der Waals surface area contributed by atoms with E-state index in [-0.39, 0.29) is 6.04 Å². The normalized spacial score (nSPS) is 15.0. The maximum atomic E-state index is 11.8. The van der Waals surface area contributed by atoms with Crippen molar-refractivity contribution >= 4 is 45.5 Å². The van der Waals surface area contributed by atoms with E-state index >= 15 is 0 Å². The van der Waals surface area contributed by atoms with Gasteiger partial charge in [-0.3, -0.25) is 10.1 Å². The number of fused-ring (bicyclic) bond motifs is 1. The lowest BCUT2D eigenvalue weighted by molar-refractivity contribution is -0.143. The third-order valence-corrected chi connectivity index (χ3v) is 5.21. The summed E-state index contributed by atoms with van der Waals surface area (Å²) in [6.07, 6.45) is 7.95. The maximum Gasteiger partial charge on any atom is 0.331 e. The smallest absolute Gasteiger partial charge is 0.331 e. The molecule has 0 atom stereocenters. The minimum Gasteiger partial charge on any atom is -0.452 e. The first-order valence-corrected chi connectivity index (χ1v) is 9.72. The summed E-state index contributed by atoms with van der Waals surface area (Å²) in [6, 6.07) is 7.21. The van der Waals surface area contributed by atoms with Crippen LogP contribution in [0.25, 0.3) is 16.3 Å². The van der Waals surface area contributed by atoms with E-state index in [1.54, 1.807) is 6.08 Å². The highest BCUT2D eigenvalue weighted by molar-refractivity contribution is 7.19. The van der Waals surface area contributed by atoms with Gasteiger partial charge in [-0.15, -0.1) is 11.3 Å². The Balaban J connectivity index is 1.40. The van der Waals surface area contributed by atoms with Gasteiger partial charge in [0.15, 0.2) is 6.61 Å². The molecular formula is C19H21N3O4S. The SMILES string of the molecule is O=C(COC(=O)C=Cc1nc2ccccc2s1)NC(=O)NC1CCCCC1. The fourth-order valence-electron chi connectivity index (χ4n) is 2.92. The molecule has 1 aliphatic rings. The number of amides is 3. The second kappa shape index (κ2) is 9.27. The Morgan fingerprint density at radius 1 is 1.19 bits per heavy atom. The number of para-hydroxylation sites is 1. The molecule has 0 aliphatic heterocycles. The van der Waals surface area contributed by atoms with Gasteiger partial charge in [-0.25, -0.2) is 14.6 Å². The molecule has 0 radical (unpaired) electrons. The lowest BCUT2D eigenvalue weighted by atomic mass is 9.96. The number of carbonyl (C=O) groups excluding carboxylic acids is 3. The topological polar surface area (TPSA) is 97.4 Å². The van der Waals surface area contributed by atoms with Crippen LogP contribution in [0.1, 0.15) is 37.1 Å². The molecule has 7 nitrogen and oxygen atoms in total. The number of benzene rings is 1. The van der Waals surface area contributed by atoms with E-state index < -0.39 is 24.5 Å². The van der Waals surface area contributed by atoms with Gasteiger partial charge < -0.3 is 10.1 Å². The molecule has 2 aromatic rings. The Hall–Kier alpha value is -2.74. The summed E-state index contributed by atoms with van der Waals surface area (Å²) in [6.45, 7) is -0.513. The van der Waals surface area contributed by atoms with Gasteiger partial charge >= 0.3 is 12.0 Å². The zero-order valence-corrected chi connectivity index (χ0v) is 15.6. The van der Waals surface area contributed by atoms with Crippen LogP contribution in [0.5, 0.6) is 0 Å². The van der Waals surface area contributed by atoms with Crippen LogP contribution >= 0.6 is 11.3 Å². The number of ether oxygens (including phenoxy) is 1. The molecule has 1 aliphatic carbocycles. The van der Waals surface area contributed by atoms with E-state index in [2.05, 4.69) is 15.6 Å². The minimum absolute atomic E-state index is 0.103. The Labute approximate surface area is 160 Å². The van der Waals surface area contributed by atoms with Crippen molar-refractivity contribution in [2.45, 2.75) is 38.1 Å². The van der Waals surface area contributed by atoms with Crippen molar-refractivity contribution in [1.29, 1.82) is 0 Å². The second-order valence-electron chi connectivity index (χ2n) is 6.32. The molecule has 2 N–H and O–H groups in total. The molecule has 1 aromatic heterocycles. The molecule has 3 rings (SSSR count). The Morgan fingerprint density at radius 3 is 2.74 bits per heavy atom. The van der Waals surface area contributed by atoms with Crippen LogP contribution in [0.15, 0.2) is 30.3 Å². The standard InChI is InChI=1S/C19H21N3O4S/c23-16(22-19(25)20-13-6-2-1-3-7-13)12-26-18(24)11-10-17-21-14-8-4-5-9-15(14)27-17/h4-5,8-11,13H,1-3,6-7,12H2,(H2,20,22,23,25). The predicted molar refractivity (Wildman–Crippen MR) is 103 cm³/mol. The van der Waals surface area contributed by atoms with Crippen molar-refractivity contribution in [3.63, 3.8) is 0 Å². The first-order chi connectivity index (χ1) is 13.1. The van der Waals surface area contributed by atoms with Gasteiger partial charge in [0.25, 0.3) is 5.91 Å². The number of carbonyl (C=O) groups is 3. The van der Waals surface area contributed by atoms with Crippen LogP contribution in [-0.2, 0) is 14.3 Å². The number of hydrogen-bond donors (Lipinski definition) is 2. The number of imide groups is 1. The van der Waals surface area contributed by atoms with E-state index in [1.807, 2.05) is 24.3 Å². The predicted octanol–water partition coefficient (Wildman–Crippen LogP) is 3.01. The van der Waals surface area contributed by atoms with Gasteiger partial charge in [0.05, 0.1) is 10.2 Å². The van der Waals surface area contributed by atoms with Crippen molar-refractivity contribution in [3.05, 3.63) is 35.3 Å². The number of nitrogens with one attached hydrogen (secondary N) is 2. The molecule has 0 bridgehead atoms. The molecule has 0 unspecified atom stereocenters. The number of aromatic nitrogens is 1. The summed E-state index contributed by atoms with van der Waals surface area (Å²) in [5.74, 6) is -1.33. The van der Waals surface area contributed by atoms with E-state index in [4.69, 9.17) is 4.74 Å². The maximum absolute atomic E-state index is 11.8. The summed E-state index contributed by atoms with van der Waals surface area (Å²) in [7, 11) is 0. The average molecular weight is 387 g/mol. The number of nitrogens with zero attached hydrogens (tertiary/aromatic N) is 1. The van der Waals surface area contributed by atoms with Gasteiger partial charge in [0, 0.05) is 12.1 Å². The van der Waals surface area contributed by atoms with E-state index in [0.717, 1.165) is 35.9 Å². The molecule has 142 valence electrons. The number of esters is 1. The van der Waals surface area contributed by atoms with Crippen LogP contribution in [-0.4, -0.2) is 35.5 Å². The molecule has 1 saturated carbocycles. The lowest BCUT2D eigenvalue weighted by Crippen LogP contribution is -2.46. The van der Waals surface area contributed by atoms with Gasteiger partial charge in [0.1, 0.15) is 5.01 Å². The highest BCUT2D eigenvalue weighted by Crippen LogP contribution is 2.22. The number of hydrogen-bond acceptors (Lipinski definition) is 6. The van der Waals surface area contributed by atoms with Crippen molar-refractivity contribution < 1.29 is 19.1 Å². The molecule has 1 heterocycles. The van der Waals surface area contributed by atoms with Gasteiger partial charge in [-0.2, -0.15) is 0 Å². The van der Waals surface area contributed by atoms with Gasteiger partial charge in [-0.05, 0) is 31.1 Å². The number of rotatable bonds is 5. The van der Waals surface area contributed by atoms with Gasteiger partial charge in [0.2, 0.25) is 0 Å². The van der Waals surface area contributed by atoms with Crippen molar-refractivity contribution in [2.75, 3.05) is 6.61 Å². The van der Waals surface area contributed by atoms with Crippen LogP contribution in [0.3, 0.4) is 0 Å². The Kier molecular flexibility index (Phi) is 6.54. The molecule has 1 fully saturated rings. The molecule has 27 heavy (non-hydrogen) atoms. The highest BCUT2D eigenvalue weighted by Gasteiger charge is 2.17. The van der Waals surface area contributed by atoms with Gasteiger partial charge in [-0.1, -0.05) is 31.4 Å². The summed E-state index contributed by atoms with van der Waals surface area (Å²) < 4.78 is 5.87. The molecule has 3 amide bonds. The Bertz CT molecular complexity index is 823. The largest absolute Gasteiger partial charge is 0.452 e. The summed E-state index contributed by atoms with van der Waals surface area (Å²) >= 11 is 1.45. The minimum atomic E-state index is -0.669. The van der Waals surface area contributed by atoms with Crippen LogP contribution in [0.4, 0.5) is 4.79 Å². The third kappa shape index (κ3) is 5.89. The van der Waals surface area contributed by atoms with Crippen LogP contribution in [0, 0.1) is 0 Å². The average Bonchev–Trinajstić information content (AvgIpc) is 3.08. The zero-order valence-electron chi connectivity index (χ0n) is 14.8. The molecule has 0 saturated heterocycles. The van der Waals surface area contributed by atoms with Crippen molar-refractivity contribution in [3.8, 4) is 0 Å². The van der Waals surface area contributed by atoms with Crippen LogP contribution < -0.4 is 10.6 Å². The molecule has 1 aromatic carbocycles. The first-order valence-electron chi connectivity index (χ1n) is 8.91. The lowest BCUT2D eigenvalue weighted by Gasteiger charge is -2.22. The monoisotopic (exact) mass is 387 g/mol. The van der Waals surface area contributed by atoms with E-state index in [0.29, 0.717) is 5.01 Å². The summed E-state index contributed by atoms with van der Waals surface area (Å²) in [5.41, 5.74) is 0.860. The molecule has 0 spiro atoms. The third-order valence-electron chi connectivity index (χ3n) is 4.21. The Morgan fingerprint density at radius 2 is 1.96 bits per heavy atom. The zero-order chi connectivity index (χ0) is 19.1. The number of thiazole rings is 1. The molecular weight excluding hydrogens is 366 g/mol. The number of urea groups is 1.